The lowest BCUT2D eigenvalue weighted by Crippen LogP contribution is -2.48. The maximum atomic E-state index is 13.7. The van der Waals surface area contributed by atoms with Gasteiger partial charge < -0.3 is 27.4 Å². The zero-order valence-electron chi connectivity index (χ0n) is 56.1. The molecule has 5 rings (SSSR count). The van der Waals surface area contributed by atoms with Gasteiger partial charge in [-0.25, -0.2) is 9.69 Å². The highest BCUT2D eigenvalue weighted by Crippen LogP contribution is 2.44. The average molecular weight is 1320 g/mol. The number of carbonyl (C=O) groups excluding carboxylic acids is 2. The van der Waals surface area contributed by atoms with Gasteiger partial charge in [0.15, 0.2) is 22.4 Å². The van der Waals surface area contributed by atoms with Crippen molar-refractivity contribution in [2.24, 2.45) is 5.92 Å². The zero-order valence-corrected chi connectivity index (χ0v) is 63.3. The molecule has 0 aliphatic heterocycles. The number of ketones is 1. The monoisotopic (exact) mass is 1320 g/mol. The number of carbonyl (C=O) groups is 2. The molecular weight excluding hydrogens is 1220 g/mol. The summed E-state index contributed by atoms with van der Waals surface area (Å²) in [6.07, 6.45) is 0.378. The summed E-state index contributed by atoms with van der Waals surface area (Å²) in [6.45, 7) is 68.4. The van der Waals surface area contributed by atoms with Crippen LogP contribution in [0.2, 0.25) is 82.6 Å². The molecule has 1 heterocycles. The van der Waals surface area contributed by atoms with E-state index in [0.29, 0.717) is 57.4 Å². The van der Waals surface area contributed by atoms with Crippen LogP contribution in [-0.2, 0) is 38.3 Å². The number of hydrogen-bond donors (Lipinski definition) is 1. The summed E-state index contributed by atoms with van der Waals surface area (Å²) in [4.78, 5) is 34.0. The molecule has 1 aromatic heterocycles. The number of amides is 1. The molecule has 12 nitrogen and oxygen atoms in total. The molecule has 0 saturated heterocycles. The molecule has 5 aromatic rings. The predicted octanol–water partition coefficient (Wildman–Crippen LogP) is 20.5. The molecule has 1 amide bonds. The lowest BCUT2D eigenvalue weighted by molar-refractivity contribution is -0.127. The summed E-state index contributed by atoms with van der Waals surface area (Å²) in [5, 5.41) is 12.9. The predicted molar refractivity (Wildman–Crippen MR) is 373 cm³/mol. The third-order valence-corrected chi connectivity index (χ3v) is 36.7. The molecule has 1 N–H and O–H groups in total. The first kappa shape index (κ1) is 75.9. The molecule has 0 radical (unpaired) electrons. The number of nitrogens with one attached hydrogen (secondary N) is 1. The normalized spacial score (nSPS) is 14.0. The fourth-order valence-electron chi connectivity index (χ4n) is 8.11. The van der Waals surface area contributed by atoms with Crippen molar-refractivity contribution < 1.29 is 31.7 Å². The van der Waals surface area contributed by atoms with Crippen LogP contribution in [0.3, 0.4) is 0 Å². The topological polar surface area (TPSA) is 131 Å². The van der Waals surface area contributed by atoms with Gasteiger partial charge in [-0.1, -0.05) is 161 Å². The van der Waals surface area contributed by atoms with Gasteiger partial charge >= 0.3 is 0 Å². The van der Waals surface area contributed by atoms with Crippen LogP contribution in [0.1, 0.15) is 141 Å². The Morgan fingerprint density at radius 2 is 1.06 bits per heavy atom. The lowest BCUT2D eigenvalue weighted by atomic mass is 9.91. The van der Waals surface area contributed by atoms with Gasteiger partial charge in [0, 0.05) is 11.1 Å². The van der Waals surface area contributed by atoms with E-state index in [1.807, 2.05) is 76.0 Å². The van der Waals surface area contributed by atoms with E-state index in [1.54, 1.807) is 24.3 Å². The van der Waals surface area contributed by atoms with Crippen LogP contribution in [0.4, 0.5) is 11.4 Å². The Bertz CT molecular complexity index is 3240. The fraction of sp³-hybridized carbons (Fsp3) is 0.545. The molecule has 470 valence electrons. The second-order valence-corrected chi connectivity index (χ2v) is 49.6. The van der Waals surface area contributed by atoms with Gasteiger partial charge in [-0.05, 0) is 180 Å². The average Bonchev–Trinajstić information content (AvgIpc) is 2.45. The summed E-state index contributed by atoms with van der Waals surface area (Å²) in [6, 6.07) is 22.4. The number of hydrogen-bond acceptors (Lipinski definition) is 10. The molecule has 0 saturated carbocycles. The maximum absolute atomic E-state index is 13.7. The van der Waals surface area contributed by atoms with Gasteiger partial charge in [-0.2, -0.15) is 0 Å². The first-order chi connectivity index (χ1) is 39.3. The van der Waals surface area contributed by atoms with Crippen molar-refractivity contribution in [1.29, 1.82) is 0 Å². The molecule has 0 fully saturated rings. The van der Waals surface area contributed by atoms with Crippen molar-refractivity contribution >= 4 is 98.7 Å². The maximum Gasteiger partial charge on any atom is 0.250 e. The van der Waals surface area contributed by atoms with E-state index < -0.39 is 45.3 Å². The molecule has 0 unspecified atom stereocenters. The third-order valence-electron chi connectivity index (χ3n) is 17.9. The summed E-state index contributed by atoms with van der Waals surface area (Å²) in [5.41, 5.74) is 5.72. The number of rotatable bonds is 20. The molecule has 4 aromatic carbocycles. The lowest BCUT2D eigenvalue weighted by Gasteiger charge is -2.40. The molecule has 4 atom stereocenters. The smallest absolute Gasteiger partial charge is 0.250 e. The number of nitrogens with zero attached hydrogens (tertiary/aromatic N) is 4. The van der Waals surface area contributed by atoms with Gasteiger partial charge in [0.2, 0.25) is 45.7 Å². The van der Waals surface area contributed by atoms with Crippen molar-refractivity contribution in [3.05, 3.63) is 139 Å². The Hall–Kier alpha value is -4.37. The Morgan fingerprint density at radius 3 is 1.50 bits per heavy atom. The fourth-order valence-corrected chi connectivity index (χ4v) is 13.5. The SMILES string of the molecule is CP=S.[C-]#[N+]c1ccc(C[C@@H](C(=O)NCC(=O)c2cccc(O[Si](C)(C)C(C)(C)C)c2)[C@@H](C)O[Si](C)(C)C(C)(C)C)c(C)c1Cl.[C-]#[N+]c1ccc(C[C@@H](c2nnc(-c3cccc(O[Si](C)(C)C(C)(C)C)c3)o2)[C@@H](C)O[Si](C)(C)C(C)(C)C)c(C)c1Cl. The van der Waals surface area contributed by atoms with E-state index in [1.165, 1.54) is 0 Å². The molecule has 86 heavy (non-hydrogen) atoms. The van der Waals surface area contributed by atoms with Gasteiger partial charge in [0.1, 0.15) is 11.5 Å². The minimum Gasteiger partial charge on any atom is -0.543 e. The van der Waals surface area contributed by atoms with Crippen molar-refractivity contribution in [2.45, 2.75) is 214 Å². The standard InChI is InChI=1S/C33H49ClN2O4Si2.C32H46ClN3O3Si2.CH3PS/c1-22-24(17-18-28(35-9)30(22)34)20-27(23(2)39-41(10,11)32(3,4)5)31(38)36-21-29(37)25-15-14-16-26(19-25)40-42(12,13)33(6,7)8;1-21-23(17-18-27(34-9)28(21)33)20-26(22(2)38-40(10,11)31(3,4)5)30-36-35-29(37-30)24-15-14-16-25(19-24)39-41(12,13)32(6,7)8;1-2-3/h14-19,23,27H,20-21H2,1-8,10-13H3,(H,36,38);14-19,22,26H,20H2,1-8,10-13H3;1H3/t23-,27-;22-,26-;/m11./s1. The minimum absolute atomic E-state index is 0.0258. The van der Waals surface area contributed by atoms with E-state index in [2.05, 4.69) is 179 Å². The van der Waals surface area contributed by atoms with Crippen molar-refractivity contribution in [2.75, 3.05) is 13.2 Å². The van der Waals surface area contributed by atoms with Crippen LogP contribution in [-0.4, -0.2) is 80.6 Å². The number of aromatic nitrogens is 2. The van der Waals surface area contributed by atoms with E-state index in [0.717, 1.165) is 40.9 Å². The first-order valence-corrected chi connectivity index (χ1v) is 44.1. The molecule has 0 spiro atoms. The van der Waals surface area contributed by atoms with Crippen LogP contribution >= 0.6 is 30.6 Å². The number of halogens is 2. The highest BCUT2D eigenvalue weighted by atomic mass is 35.5. The van der Waals surface area contributed by atoms with Gasteiger partial charge in [0.25, 0.3) is 0 Å². The van der Waals surface area contributed by atoms with E-state index in [-0.39, 0.29) is 50.4 Å². The van der Waals surface area contributed by atoms with E-state index in [9.17, 15) is 9.59 Å². The van der Waals surface area contributed by atoms with Gasteiger partial charge in [-0.3, -0.25) is 9.59 Å². The van der Waals surface area contributed by atoms with Crippen LogP contribution in [0.5, 0.6) is 11.5 Å². The summed E-state index contributed by atoms with van der Waals surface area (Å²) in [5.74, 6) is 1.23. The zero-order chi connectivity index (χ0) is 65.9. The summed E-state index contributed by atoms with van der Waals surface area (Å²) >= 11 is 17.4. The van der Waals surface area contributed by atoms with Crippen molar-refractivity contribution in [3.8, 4) is 23.0 Å². The summed E-state index contributed by atoms with van der Waals surface area (Å²) in [7, 11) is -7.36. The first-order valence-electron chi connectivity index (χ1n) is 29.4. The van der Waals surface area contributed by atoms with E-state index in [4.69, 9.17) is 58.5 Å². The molecule has 0 bridgehead atoms. The van der Waals surface area contributed by atoms with Crippen molar-refractivity contribution in [3.63, 3.8) is 0 Å². The summed E-state index contributed by atoms with van der Waals surface area (Å²) < 4.78 is 32.8. The highest BCUT2D eigenvalue weighted by Gasteiger charge is 2.44. The number of Topliss-reactive ketones (excluding diaryl/α,β-unsaturated/α-hetero) is 1. The Labute approximate surface area is 538 Å². The minimum atomic E-state index is -2.19. The van der Waals surface area contributed by atoms with Crippen molar-refractivity contribution in [1.82, 2.24) is 15.5 Å². The molecule has 20 heteroatoms. The quantitative estimate of drug-likeness (QED) is 0.0348. The van der Waals surface area contributed by atoms with Crippen LogP contribution in [0.25, 0.3) is 21.1 Å². The number of benzene rings is 4. The Morgan fingerprint density at radius 1 is 0.640 bits per heavy atom. The van der Waals surface area contributed by atoms with E-state index >= 15 is 0 Å². The third kappa shape index (κ3) is 20.3. The van der Waals surface area contributed by atoms with Gasteiger partial charge in [-0.15, -0.1) is 10.2 Å². The molecule has 0 aliphatic rings. The molecule has 0 aliphatic carbocycles. The van der Waals surface area contributed by atoms with Crippen LogP contribution in [0.15, 0.2) is 77.2 Å². The van der Waals surface area contributed by atoms with Gasteiger partial charge in [0.05, 0.1) is 53.8 Å². The van der Waals surface area contributed by atoms with Crippen LogP contribution in [0, 0.1) is 32.9 Å². The highest BCUT2D eigenvalue weighted by molar-refractivity contribution is 7.96. The second kappa shape index (κ2) is 30.4. The largest absolute Gasteiger partial charge is 0.543 e. The van der Waals surface area contributed by atoms with Crippen LogP contribution < -0.4 is 14.2 Å². The molecular formula is C66H98Cl2N5O7PSSi4. The Balaban J connectivity index is 0.000000431. The Kier molecular flexibility index (Phi) is 26.8. The second-order valence-electron chi connectivity index (χ2n) is 28.4.